The zero-order chi connectivity index (χ0) is 18.2. The van der Waals surface area contributed by atoms with E-state index in [4.69, 9.17) is 0 Å². The zero-order valence-electron chi connectivity index (χ0n) is 14.0. The van der Waals surface area contributed by atoms with Crippen LogP contribution in [0.15, 0.2) is 61.2 Å². The number of carbonyl (C=O) groups excluding carboxylic acids is 1. The van der Waals surface area contributed by atoms with Crippen molar-refractivity contribution in [2.45, 2.75) is 13.0 Å². The Hall–Kier alpha value is -3.35. The lowest BCUT2D eigenvalue weighted by atomic mass is 10.1. The van der Waals surface area contributed by atoms with Gasteiger partial charge < -0.3 is 10.6 Å². The third-order valence-electron chi connectivity index (χ3n) is 3.75. The minimum Gasteiger partial charge on any atom is -0.368 e. The Morgan fingerprint density at radius 1 is 1.04 bits per heavy atom. The Bertz CT molecular complexity index is 855. The van der Waals surface area contributed by atoms with Crippen LogP contribution in [0.5, 0.6) is 0 Å². The first kappa shape index (κ1) is 17.5. The topological polar surface area (TPSA) is 79.8 Å². The van der Waals surface area contributed by atoms with E-state index >= 15 is 0 Å². The molecule has 0 saturated carbocycles. The number of aromatic nitrogens is 3. The quantitative estimate of drug-likeness (QED) is 0.684. The van der Waals surface area contributed by atoms with Gasteiger partial charge in [-0.3, -0.25) is 9.78 Å². The second kappa shape index (κ2) is 8.66. The van der Waals surface area contributed by atoms with E-state index in [-0.39, 0.29) is 17.4 Å². The Labute approximate surface area is 150 Å². The fraction of sp³-hybridized carbons (Fsp3) is 0.158. The highest BCUT2D eigenvalue weighted by Gasteiger charge is 2.08. The summed E-state index contributed by atoms with van der Waals surface area (Å²) >= 11 is 0. The lowest BCUT2D eigenvalue weighted by molar-refractivity contribution is 0.0945. The number of nitrogens with zero attached hydrogens (tertiary/aromatic N) is 3. The monoisotopic (exact) mass is 351 g/mol. The van der Waals surface area contributed by atoms with Crippen molar-refractivity contribution >= 4 is 11.7 Å². The van der Waals surface area contributed by atoms with E-state index in [1.165, 1.54) is 18.5 Å². The molecule has 0 saturated heterocycles. The van der Waals surface area contributed by atoms with Crippen molar-refractivity contribution in [2.24, 2.45) is 0 Å². The van der Waals surface area contributed by atoms with Gasteiger partial charge in [0, 0.05) is 25.5 Å². The molecule has 0 spiro atoms. The van der Waals surface area contributed by atoms with Crippen LogP contribution in [0.3, 0.4) is 0 Å². The van der Waals surface area contributed by atoms with Crippen LogP contribution in [-0.2, 0) is 13.0 Å². The molecule has 0 fully saturated rings. The van der Waals surface area contributed by atoms with Crippen molar-refractivity contribution < 1.29 is 9.18 Å². The van der Waals surface area contributed by atoms with Gasteiger partial charge in [-0.1, -0.05) is 18.2 Å². The molecule has 2 aromatic heterocycles. The molecule has 0 unspecified atom stereocenters. The molecule has 0 aliphatic heterocycles. The summed E-state index contributed by atoms with van der Waals surface area (Å²) < 4.78 is 13.5. The molecule has 0 aliphatic rings. The normalized spacial score (nSPS) is 10.3. The highest BCUT2D eigenvalue weighted by molar-refractivity contribution is 5.91. The number of pyridine rings is 1. The average Bonchev–Trinajstić information content (AvgIpc) is 2.69. The zero-order valence-corrected chi connectivity index (χ0v) is 14.0. The van der Waals surface area contributed by atoms with Gasteiger partial charge in [-0.15, -0.1) is 0 Å². The van der Waals surface area contributed by atoms with Crippen LogP contribution in [0.1, 0.15) is 21.6 Å². The molecular weight excluding hydrogens is 333 g/mol. The highest BCUT2D eigenvalue weighted by Crippen LogP contribution is 2.08. The second-order valence-corrected chi connectivity index (χ2v) is 5.59. The number of carbonyl (C=O) groups is 1. The number of hydrogen-bond acceptors (Lipinski definition) is 5. The van der Waals surface area contributed by atoms with E-state index in [2.05, 4.69) is 25.6 Å². The van der Waals surface area contributed by atoms with Gasteiger partial charge in [-0.05, 0) is 35.7 Å². The predicted octanol–water partition coefficient (Wildman–Crippen LogP) is 2.60. The molecule has 0 aliphatic carbocycles. The molecule has 2 N–H and O–H groups in total. The molecule has 0 radical (unpaired) electrons. The summed E-state index contributed by atoms with van der Waals surface area (Å²) in [4.78, 5) is 24.3. The number of amides is 1. The molecule has 7 heteroatoms. The molecule has 0 bridgehead atoms. The maximum Gasteiger partial charge on any atom is 0.271 e. The number of hydrogen-bond donors (Lipinski definition) is 2. The van der Waals surface area contributed by atoms with E-state index in [0.717, 1.165) is 5.56 Å². The van der Waals surface area contributed by atoms with E-state index in [1.807, 2.05) is 12.1 Å². The molecule has 3 aromatic rings. The smallest absolute Gasteiger partial charge is 0.271 e. The largest absolute Gasteiger partial charge is 0.368 e. The van der Waals surface area contributed by atoms with Crippen molar-refractivity contribution in [3.8, 4) is 0 Å². The summed E-state index contributed by atoms with van der Waals surface area (Å²) in [5.41, 5.74) is 1.83. The molecule has 1 amide bonds. The minimum absolute atomic E-state index is 0.221. The van der Waals surface area contributed by atoms with Crippen LogP contribution < -0.4 is 10.6 Å². The SMILES string of the molecule is O=C(NCc1ccncc1)c1cnc(NCCc2ccccc2F)cn1. The second-order valence-electron chi connectivity index (χ2n) is 5.59. The fourth-order valence-electron chi connectivity index (χ4n) is 2.34. The number of benzene rings is 1. The van der Waals surface area contributed by atoms with Gasteiger partial charge in [0.15, 0.2) is 0 Å². The average molecular weight is 351 g/mol. The number of nitrogens with one attached hydrogen (secondary N) is 2. The number of anilines is 1. The van der Waals surface area contributed by atoms with Crippen molar-refractivity contribution in [3.05, 3.63) is 83.8 Å². The maximum atomic E-state index is 13.5. The lowest BCUT2D eigenvalue weighted by Crippen LogP contribution is -2.24. The van der Waals surface area contributed by atoms with Gasteiger partial charge >= 0.3 is 0 Å². The third kappa shape index (κ3) is 4.83. The van der Waals surface area contributed by atoms with Crippen LogP contribution in [-0.4, -0.2) is 27.4 Å². The molecule has 26 heavy (non-hydrogen) atoms. The van der Waals surface area contributed by atoms with Crippen molar-refractivity contribution in [2.75, 3.05) is 11.9 Å². The van der Waals surface area contributed by atoms with E-state index < -0.39 is 0 Å². The van der Waals surface area contributed by atoms with Gasteiger partial charge in [0.2, 0.25) is 0 Å². The first-order valence-corrected chi connectivity index (χ1v) is 8.19. The van der Waals surface area contributed by atoms with E-state index in [1.54, 1.807) is 30.6 Å². The van der Waals surface area contributed by atoms with Gasteiger partial charge in [0.05, 0.1) is 12.4 Å². The van der Waals surface area contributed by atoms with Gasteiger partial charge in [0.25, 0.3) is 5.91 Å². The van der Waals surface area contributed by atoms with Crippen molar-refractivity contribution in [3.63, 3.8) is 0 Å². The van der Waals surface area contributed by atoms with Gasteiger partial charge in [0.1, 0.15) is 17.3 Å². The highest BCUT2D eigenvalue weighted by atomic mass is 19.1. The van der Waals surface area contributed by atoms with E-state index in [9.17, 15) is 9.18 Å². The Morgan fingerprint density at radius 3 is 2.58 bits per heavy atom. The number of rotatable bonds is 7. The van der Waals surface area contributed by atoms with Crippen LogP contribution in [0.4, 0.5) is 10.2 Å². The molecule has 132 valence electrons. The minimum atomic E-state index is -0.299. The van der Waals surface area contributed by atoms with Crippen LogP contribution in [0.25, 0.3) is 0 Å². The summed E-state index contributed by atoms with van der Waals surface area (Å²) in [5, 5.41) is 5.84. The van der Waals surface area contributed by atoms with Crippen molar-refractivity contribution in [1.29, 1.82) is 0 Å². The molecule has 6 nitrogen and oxygen atoms in total. The summed E-state index contributed by atoms with van der Waals surface area (Å²) in [6, 6.07) is 10.3. The first-order chi connectivity index (χ1) is 12.7. The Morgan fingerprint density at radius 2 is 1.85 bits per heavy atom. The summed E-state index contributed by atoms with van der Waals surface area (Å²) in [5.74, 6) is 0.0147. The lowest BCUT2D eigenvalue weighted by Gasteiger charge is -2.07. The molecule has 1 aromatic carbocycles. The summed E-state index contributed by atoms with van der Waals surface area (Å²) in [6.07, 6.45) is 6.77. The van der Waals surface area contributed by atoms with Crippen LogP contribution in [0, 0.1) is 5.82 Å². The van der Waals surface area contributed by atoms with Crippen LogP contribution >= 0.6 is 0 Å². The first-order valence-electron chi connectivity index (χ1n) is 8.19. The Kier molecular flexibility index (Phi) is 5.82. The van der Waals surface area contributed by atoms with Crippen LogP contribution in [0.2, 0.25) is 0 Å². The third-order valence-corrected chi connectivity index (χ3v) is 3.75. The summed E-state index contributed by atoms with van der Waals surface area (Å²) in [6.45, 7) is 0.912. The molecule has 2 heterocycles. The molecular formula is C19H18FN5O. The maximum absolute atomic E-state index is 13.5. The van der Waals surface area contributed by atoms with Gasteiger partial charge in [-0.25, -0.2) is 14.4 Å². The fourth-order valence-corrected chi connectivity index (χ4v) is 2.34. The van der Waals surface area contributed by atoms with Gasteiger partial charge in [-0.2, -0.15) is 0 Å². The van der Waals surface area contributed by atoms with E-state index in [0.29, 0.717) is 30.9 Å². The molecule has 0 atom stereocenters. The standard InChI is InChI=1S/C19H18FN5O/c20-16-4-2-1-3-15(16)7-10-22-18-13-23-17(12-24-18)19(26)25-11-14-5-8-21-9-6-14/h1-6,8-9,12-13H,7,10-11H2,(H,22,24)(H,25,26). The number of halogens is 1. The van der Waals surface area contributed by atoms with Crippen molar-refractivity contribution in [1.82, 2.24) is 20.3 Å². The molecule has 3 rings (SSSR count). The Balaban J connectivity index is 1.48. The summed E-state index contributed by atoms with van der Waals surface area (Å²) in [7, 11) is 0. The predicted molar refractivity (Wildman–Crippen MR) is 96.0 cm³/mol.